The Bertz CT molecular complexity index is 910. The Morgan fingerprint density at radius 1 is 1.28 bits per heavy atom. The van der Waals surface area contributed by atoms with Crippen LogP contribution in [0.25, 0.3) is 11.4 Å². The number of aromatic nitrogens is 2. The van der Waals surface area contributed by atoms with Gasteiger partial charge in [0.1, 0.15) is 17.1 Å². The SMILES string of the molecule is COc1cccc(-c2noc(COC(=O)c3cc(Br)ccc3O)n2)c1. The molecule has 0 spiro atoms. The molecule has 25 heavy (non-hydrogen) atoms. The maximum Gasteiger partial charge on any atom is 0.342 e. The Morgan fingerprint density at radius 2 is 2.12 bits per heavy atom. The van der Waals surface area contributed by atoms with Crippen molar-refractivity contribution in [2.45, 2.75) is 6.61 Å². The van der Waals surface area contributed by atoms with Gasteiger partial charge in [0.2, 0.25) is 5.82 Å². The van der Waals surface area contributed by atoms with Gasteiger partial charge in [0, 0.05) is 10.0 Å². The number of phenolic OH excluding ortho intramolecular Hbond substituents is 1. The van der Waals surface area contributed by atoms with Gasteiger partial charge < -0.3 is 19.1 Å². The molecule has 0 radical (unpaired) electrons. The molecule has 1 aromatic heterocycles. The number of rotatable bonds is 5. The zero-order chi connectivity index (χ0) is 17.8. The number of hydrogen-bond donors (Lipinski definition) is 1. The monoisotopic (exact) mass is 404 g/mol. The van der Waals surface area contributed by atoms with Crippen molar-refractivity contribution in [3.8, 4) is 22.9 Å². The van der Waals surface area contributed by atoms with Crippen molar-refractivity contribution < 1.29 is 23.9 Å². The van der Waals surface area contributed by atoms with Gasteiger partial charge in [-0.25, -0.2) is 4.79 Å². The van der Waals surface area contributed by atoms with Gasteiger partial charge >= 0.3 is 5.97 Å². The quantitative estimate of drug-likeness (QED) is 0.649. The van der Waals surface area contributed by atoms with E-state index in [1.165, 1.54) is 12.1 Å². The summed E-state index contributed by atoms with van der Waals surface area (Å²) in [6.45, 7) is -0.207. The molecule has 0 atom stereocenters. The van der Waals surface area contributed by atoms with Crippen LogP contribution in [0.4, 0.5) is 0 Å². The van der Waals surface area contributed by atoms with Crippen molar-refractivity contribution in [2.24, 2.45) is 0 Å². The first-order chi connectivity index (χ1) is 12.1. The van der Waals surface area contributed by atoms with Crippen molar-refractivity contribution >= 4 is 21.9 Å². The van der Waals surface area contributed by atoms with Gasteiger partial charge in [-0.15, -0.1) is 0 Å². The molecule has 2 aromatic carbocycles. The fourth-order valence-corrected chi connectivity index (χ4v) is 2.43. The molecule has 0 aliphatic rings. The number of carbonyl (C=O) groups is 1. The molecule has 0 aliphatic carbocycles. The van der Waals surface area contributed by atoms with Crippen molar-refractivity contribution in [1.29, 1.82) is 0 Å². The van der Waals surface area contributed by atoms with E-state index in [4.69, 9.17) is 14.0 Å². The molecule has 0 amide bonds. The summed E-state index contributed by atoms with van der Waals surface area (Å²) in [5, 5.41) is 13.6. The molecule has 0 bridgehead atoms. The molecule has 3 aromatic rings. The van der Waals surface area contributed by atoms with Gasteiger partial charge in [-0.05, 0) is 30.3 Å². The fourth-order valence-electron chi connectivity index (χ4n) is 2.07. The summed E-state index contributed by atoms with van der Waals surface area (Å²) in [5.74, 6) is 0.298. The summed E-state index contributed by atoms with van der Waals surface area (Å²) in [7, 11) is 1.57. The number of benzene rings is 2. The Balaban J connectivity index is 1.69. The second-order valence-electron chi connectivity index (χ2n) is 4.98. The largest absolute Gasteiger partial charge is 0.507 e. The van der Waals surface area contributed by atoms with Crippen molar-refractivity contribution in [2.75, 3.05) is 7.11 Å². The number of methoxy groups -OCH3 is 1. The van der Waals surface area contributed by atoms with E-state index in [1.807, 2.05) is 6.07 Å². The van der Waals surface area contributed by atoms with E-state index in [1.54, 1.807) is 31.4 Å². The molecule has 0 saturated carbocycles. The minimum Gasteiger partial charge on any atom is -0.507 e. The third kappa shape index (κ3) is 3.97. The number of halogens is 1. The number of nitrogens with zero attached hydrogens (tertiary/aromatic N) is 2. The fraction of sp³-hybridized carbons (Fsp3) is 0.118. The second kappa shape index (κ2) is 7.35. The zero-order valence-electron chi connectivity index (χ0n) is 13.1. The summed E-state index contributed by atoms with van der Waals surface area (Å²) in [5.41, 5.74) is 0.757. The van der Waals surface area contributed by atoms with Crippen LogP contribution in [-0.4, -0.2) is 28.3 Å². The average molecular weight is 405 g/mol. The van der Waals surface area contributed by atoms with E-state index in [-0.39, 0.29) is 23.8 Å². The van der Waals surface area contributed by atoms with Crippen molar-refractivity contribution in [1.82, 2.24) is 10.1 Å². The topological polar surface area (TPSA) is 94.7 Å². The van der Waals surface area contributed by atoms with Crippen LogP contribution < -0.4 is 4.74 Å². The molecule has 7 nitrogen and oxygen atoms in total. The van der Waals surface area contributed by atoms with Gasteiger partial charge in [-0.3, -0.25) is 0 Å². The molecule has 0 saturated heterocycles. The minimum atomic E-state index is -0.695. The molecule has 128 valence electrons. The van der Waals surface area contributed by atoms with E-state index >= 15 is 0 Å². The first kappa shape index (κ1) is 17.0. The number of hydrogen-bond acceptors (Lipinski definition) is 7. The van der Waals surface area contributed by atoms with Crippen LogP contribution in [0.1, 0.15) is 16.2 Å². The Kier molecular flexibility index (Phi) is 4.99. The highest BCUT2D eigenvalue weighted by Crippen LogP contribution is 2.24. The Labute approximate surface area is 151 Å². The van der Waals surface area contributed by atoms with Crippen LogP contribution >= 0.6 is 15.9 Å². The van der Waals surface area contributed by atoms with E-state index in [9.17, 15) is 9.90 Å². The third-order valence-corrected chi connectivity index (χ3v) is 3.79. The second-order valence-corrected chi connectivity index (χ2v) is 5.90. The minimum absolute atomic E-state index is 0.0434. The first-order valence-electron chi connectivity index (χ1n) is 7.19. The highest BCUT2D eigenvalue weighted by Gasteiger charge is 2.16. The van der Waals surface area contributed by atoms with Crippen molar-refractivity contribution in [3.63, 3.8) is 0 Å². The van der Waals surface area contributed by atoms with E-state index in [2.05, 4.69) is 26.1 Å². The molecule has 0 fully saturated rings. The molecule has 8 heteroatoms. The van der Waals surface area contributed by atoms with Crippen LogP contribution in [0.3, 0.4) is 0 Å². The lowest BCUT2D eigenvalue weighted by Crippen LogP contribution is -2.05. The van der Waals surface area contributed by atoms with Gasteiger partial charge in [0.15, 0.2) is 6.61 Å². The number of carbonyl (C=O) groups excluding carboxylic acids is 1. The first-order valence-corrected chi connectivity index (χ1v) is 7.99. The summed E-state index contributed by atoms with van der Waals surface area (Å²) < 4.78 is 16.0. The molecular weight excluding hydrogens is 392 g/mol. The highest BCUT2D eigenvalue weighted by molar-refractivity contribution is 9.10. The van der Waals surface area contributed by atoms with Gasteiger partial charge in [0.05, 0.1) is 7.11 Å². The van der Waals surface area contributed by atoms with Crippen molar-refractivity contribution in [3.05, 3.63) is 58.4 Å². The predicted molar refractivity (Wildman–Crippen MR) is 91.2 cm³/mol. The summed E-state index contributed by atoms with van der Waals surface area (Å²) in [4.78, 5) is 16.2. The molecule has 3 rings (SSSR count). The van der Waals surface area contributed by atoms with Crippen LogP contribution in [0.5, 0.6) is 11.5 Å². The predicted octanol–water partition coefficient (Wildman–Crippen LogP) is 3.57. The zero-order valence-corrected chi connectivity index (χ0v) is 14.7. The number of phenols is 1. The van der Waals surface area contributed by atoms with Crippen LogP contribution in [0, 0.1) is 0 Å². The van der Waals surface area contributed by atoms with Crippen LogP contribution in [-0.2, 0) is 11.3 Å². The average Bonchev–Trinajstić information content (AvgIpc) is 3.11. The lowest BCUT2D eigenvalue weighted by Gasteiger charge is -2.04. The molecule has 1 N–H and O–H groups in total. The Morgan fingerprint density at radius 3 is 2.92 bits per heavy atom. The lowest BCUT2D eigenvalue weighted by molar-refractivity contribution is 0.0426. The normalized spacial score (nSPS) is 10.5. The maximum atomic E-state index is 12.0. The van der Waals surface area contributed by atoms with Crippen LogP contribution in [0.2, 0.25) is 0 Å². The van der Waals surface area contributed by atoms with Crippen LogP contribution in [0.15, 0.2) is 51.5 Å². The summed E-state index contributed by atoms with van der Waals surface area (Å²) in [6, 6.07) is 11.7. The number of esters is 1. The molecule has 0 unspecified atom stereocenters. The molecule has 0 aliphatic heterocycles. The third-order valence-electron chi connectivity index (χ3n) is 3.30. The van der Waals surface area contributed by atoms with Gasteiger partial charge in [0.25, 0.3) is 5.89 Å². The highest BCUT2D eigenvalue weighted by atomic mass is 79.9. The molecular formula is C17H13BrN2O5. The maximum absolute atomic E-state index is 12.0. The summed E-state index contributed by atoms with van der Waals surface area (Å²) >= 11 is 3.23. The standard InChI is InChI=1S/C17H13BrN2O5/c1-23-12-4-2-3-10(7-12)16-19-15(25-20-16)9-24-17(22)13-8-11(18)5-6-14(13)21/h2-8,21H,9H2,1H3. The van der Waals surface area contributed by atoms with Gasteiger partial charge in [-0.1, -0.05) is 33.2 Å². The van der Waals surface area contributed by atoms with Gasteiger partial charge in [-0.2, -0.15) is 4.98 Å². The number of ether oxygens (including phenoxy) is 2. The molecule has 1 heterocycles. The number of aromatic hydroxyl groups is 1. The Hall–Kier alpha value is -2.87. The lowest BCUT2D eigenvalue weighted by atomic mass is 10.2. The smallest absolute Gasteiger partial charge is 0.342 e. The van der Waals surface area contributed by atoms with E-state index < -0.39 is 5.97 Å². The van der Waals surface area contributed by atoms with E-state index in [0.717, 1.165) is 0 Å². The summed E-state index contributed by atoms with van der Waals surface area (Å²) in [6.07, 6.45) is 0. The van der Waals surface area contributed by atoms with E-state index in [0.29, 0.717) is 21.6 Å².